The number of nitrogens with one attached hydrogen (secondary N) is 1. The summed E-state index contributed by atoms with van der Waals surface area (Å²) in [6, 6.07) is 3.41. The van der Waals surface area contributed by atoms with Gasteiger partial charge in [0.05, 0.1) is 4.92 Å². The van der Waals surface area contributed by atoms with Gasteiger partial charge in [-0.05, 0) is 25.5 Å². The molecule has 0 radical (unpaired) electrons. The summed E-state index contributed by atoms with van der Waals surface area (Å²) in [5.41, 5.74) is -0.204. The molecule has 1 N–H and O–H groups in total. The van der Waals surface area contributed by atoms with E-state index in [9.17, 15) is 14.5 Å². The molecule has 0 saturated carbocycles. The van der Waals surface area contributed by atoms with Crippen LogP contribution in [0.5, 0.6) is 5.75 Å². The van der Waals surface area contributed by atoms with Gasteiger partial charge in [-0.2, -0.15) is 0 Å². The third kappa shape index (κ3) is 2.91. The minimum atomic E-state index is -0.573. The number of hydrogen-bond acceptors (Lipinski definition) is 4. The monoisotopic (exact) mass is 240 g/mol. The average molecular weight is 240 g/mol. The van der Waals surface area contributed by atoms with Crippen molar-refractivity contribution in [2.45, 2.75) is 18.9 Å². The largest absolute Gasteiger partial charge is 0.485 e. The molecular weight excluding hydrogens is 227 g/mol. The predicted octanol–water partition coefficient (Wildman–Crippen LogP) is 1.86. The number of nitro groups is 1. The highest BCUT2D eigenvalue weighted by Crippen LogP contribution is 2.27. The number of nitrogens with zero attached hydrogens (tertiary/aromatic N) is 1. The first-order chi connectivity index (χ1) is 8.16. The molecule has 1 aromatic carbocycles. The second-order valence-corrected chi connectivity index (χ2v) is 3.97. The molecule has 5 nitrogen and oxygen atoms in total. The summed E-state index contributed by atoms with van der Waals surface area (Å²) < 4.78 is 18.3. The van der Waals surface area contributed by atoms with Crippen LogP contribution in [0.15, 0.2) is 18.2 Å². The first-order valence-corrected chi connectivity index (χ1v) is 5.47. The second kappa shape index (κ2) is 5.09. The molecule has 1 aromatic rings. The molecule has 0 spiro atoms. The van der Waals surface area contributed by atoms with Gasteiger partial charge in [0.2, 0.25) is 0 Å². The number of hydrogen-bond donors (Lipinski definition) is 1. The molecule has 1 aliphatic rings. The zero-order valence-corrected chi connectivity index (χ0v) is 9.19. The lowest BCUT2D eigenvalue weighted by Crippen LogP contribution is -2.28. The third-order valence-corrected chi connectivity index (χ3v) is 2.72. The minimum absolute atomic E-state index is 0.0105. The Kier molecular flexibility index (Phi) is 3.53. The molecule has 1 aliphatic heterocycles. The highest BCUT2D eigenvalue weighted by Gasteiger charge is 2.19. The van der Waals surface area contributed by atoms with Gasteiger partial charge in [-0.1, -0.05) is 0 Å². The van der Waals surface area contributed by atoms with Gasteiger partial charge in [0, 0.05) is 18.2 Å². The average Bonchev–Trinajstić information content (AvgIpc) is 2.78. The Morgan fingerprint density at radius 1 is 1.59 bits per heavy atom. The molecule has 1 unspecified atom stereocenters. The van der Waals surface area contributed by atoms with Crippen molar-refractivity contribution >= 4 is 5.69 Å². The minimum Gasteiger partial charge on any atom is -0.485 e. The topological polar surface area (TPSA) is 64.4 Å². The van der Waals surface area contributed by atoms with Crippen LogP contribution in [0.1, 0.15) is 12.8 Å². The zero-order chi connectivity index (χ0) is 12.3. The van der Waals surface area contributed by atoms with Gasteiger partial charge in [-0.25, -0.2) is 4.39 Å². The Labute approximate surface area is 97.7 Å². The van der Waals surface area contributed by atoms with E-state index < -0.39 is 10.7 Å². The summed E-state index contributed by atoms with van der Waals surface area (Å²) in [5, 5.41) is 13.9. The van der Waals surface area contributed by atoms with Crippen molar-refractivity contribution in [2.24, 2.45) is 0 Å². The van der Waals surface area contributed by atoms with Crippen molar-refractivity contribution in [1.82, 2.24) is 5.32 Å². The SMILES string of the molecule is O=[N+]([O-])c1ccc(F)cc1OCC1CCCN1. The first kappa shape index (κ1) is 11.8. The van der Waals surface area contributed by atoms with Gasteiger partial charge < -0.3 is 10.1 Å². The van der Waals surface area contributed by atoms with Gasteiger partial charge >= 0.3 is 5.69 Å². The molecule has 1 saturated heterocycles. The van der Waals surface area contributed by atoms with Crippen molar-refractivity contribution in [2.75, 3.05) is 13.2 Å². The highest BCUT2D eigenvalue weighted by molar-refractivity contribution is 5.46. The number of nitro benzene ring substituents is 1. The third-order valence-electron chi connectivity index (χ3n) is 2.72. The summed E-state index contributed by atoms with van der Waals surface area (Å²) in [6.07, 6.45) is 2.04. The second-order valence-electron chi connectivity index (χ2n) is 3.97. The number of benzene rings is 1. The standard InChI is InChI=1S/C11H13FN2O3/c12-8-3-4-10(14(15)16)11(6-8)17-7-9-2-1-5-13-9/h3-4,6,9,13H,1-2,5,7H2. The molecule has 0 aliphatic carbocycles. The molecule has 0 amide bonds. The lowest BCUT2D eigenvalue weighted by atomic mass is 10.2. The van der Waals surface area contributed by atoms with E-state index in [1.807, 2.05) is 0 Å². The van der Waals surface area contributed by atoms with Gasteiger partial charge in [0.25, 0.3) is 0 Å². The van der Waals surface area contributed by atoms with Crippen LogP contribution in [-0.2, 0) is 0 Å². The summed E-state index contributed by atoms with van der Waals surface area (Å²) in [7, 11) is 0. The van der Waals surface area contributed by atoms with Crippen LogP contribution in [0.2, 0.25) is 0 Å². The normalized spacial score (nSPS) is 19.2. The van der Waals surface area contributed by atoms with Crippen LogP contribution in [0.3, 0.4) is 0 Å². The molecule has 1 atom stereocenters. The van der Waals surface area contributed by atoms with Gasteiger partial charge in [0.1, 0.15) is 12.4 Å². The molecule has 6 heteroatoms. The number of ether oxygens (including phenoxy) is 1. The van der Waals surface area contributed by atoms with Crippen molar-refractivity contribution in [3.8, 4) is 5.75 Å². The van der Waals surface area contributed by atoms with Crippen LogP contribution in [0, 0.1) is 15.9 Å². The molecule has 92 valence electrons. The lowest BCUT2D eigenvalue weighted by molar-refractivity contribution is -0.385. The Balaban J connectivity index is 2.07. The maximum Gasteiger partial charge on any atom is 0.311 e. The first-order valence-electron chi connectivity index (χ1n) is 5.47. The van der Waals surface area contributed by atoms with Crippen LogP contribution in [0.4, 0.5) is 10.1 Å². The fourth-order valence-corrected chi connectivity index (χ4v) is 1.84. The highest BCUT2D eigenvalue weighted by atomic mass is 19.1. The maximum atomic E-state index is 13.0. The summed E-state index contributed by atoms with van der Waals surface area (Å²) >= 11 is 0. The molecular formula is C11H13FN2O3. The quantitative estimate of drug-likeness (QED) is 0.644. The Hall–Kier alpha value is -1.69. The van der Waals surface area contributed by atoms with Gasteiger partial charge in [-0.15, -0.1) is 0 Å². The van der Waals surface area contributed by atoms with E-state index in [0.29, 0.717) is 6.61 Å². The fourth-order valence-electron chi connectivity index (χ4n) is 1.84. The molecule has 1 heterocycles. The molecule has 1 fully saturated rings. The van der Waals surface area contributed by atoms with E-state index in [1.165, 1.54) is 0 Å². The van der Waals surface area contributed by atoms with E-state index in [2.05, 4.69) is 5.32 Å². The van der Waals surface area contributed by atoms with E-state index in [4.69, 9.17) is 4.74 Å². The van der Waals surface area contributed by atoms with Crippen molar-refractivity contribution in [3.63, 3.8) is 0 Å². The summed E-state index contributed by atoms with van der Waals surface area (Å²) in [5.74, 6) is -0.548. The van der Waals surface area contributed by atoms with Crippen molar-refractivity contribution < 1.29 is 14.1 Å². The van der Waals surface area contributed by atoms with E-state index in [-0.39, 0.29) is 17.5 Å². The molecule has 17 heavy (non-hydrogen) atoms. The molecule has 0 aromatic heterocycles. The summed E-state index contributed by atoms with van der Waals surface area (Å²) in [6.45, 7) is 1.25. The smallest absolute Gasteiger partial charge is 0.311 e. The van der Waals surface area contributed by atoms with E-state index in [1.54, 1.807) is 0 Å². The fraction of sp³-hybridized carbons (Fsp3) is 0.455. The van der Waals surface area contributed by atoms with E-state index in [0.717, 1.165) is 37.6 Å². The van der Waals surface area contributed by atoms with Crippen LogP contribution in [0.25, 0.3) is 0 Å². The van der Waals surface area contributed by atoms with Crippen molar-refractivity contribution in [3.05, 3.63) is 34.1 Å². The van der Waals surface area contributed by atoms with Crippen LogP contribution in [-0.4, -0.2) is 24.1 Å². The number of rotatable bonds is 4. The summed E-state index contributed by atoms with van der Waals surface area (Å²) in [4.78, 5) is 10.1. The van der Waals surface area contributed by atoms with Crippen LogP contribution >= 0.6 is 0 Å². The van der Waals surface area contributed by atoms with Gasteiger partial charge in [-0.3, -0.25) is 10.1 Å². The molecule has 0 bridgehead atoms. The predicted molar refractivity (Wildman–Crippen MR) is 59.6 cm³/mol. The lowest BCUT2D eigenvalue weighted by Gasteiger charge is -2.12. The molecule has 2 rings (SSSR count). The Bertz CT molecular complexity index is 419. The van der Waals surface area contributed by atoms with Crippen LogP contribution < -0.4 is 10.1 Å². The Morgan fingerprint density at radius 3 is 3.06 bits per heavy atom. The van der Waals surface area contributed by atoms with Gasteiger partial charge in [0.15, 0.2) is 5.75 Å². The maximum absolute atomic E-state index is 13.0. The Morgan fingerprint density at radius 2 is 2.41 bits per heavy atom. The zero-order valence-electron chi connectivity index (χ0n) is 9.19. The number of halogens is 1. The van der Waals surface area contributed by atoms with E-state index >= 15 is 0 Å². The van der Waals surface area contributed by atoms with Crippen molar-refractivity contribution in [1.29, 1.82) is 0 Å².